The van der Waals surface area contributed by atoms with Crippen molar-refractivity contribution in [2.24, 2.45) is 4.99 Å². The Morgan fingerprint density at radius 2 is 2.13 bits per heavy atom. The zero-order valence-electron chi connectivity index (χ0n) is 11.6. The fraction of sp³-hybridized carbons (Fsp3) is 0.0714. The van der Waals surface area contributed by atoms with Crippen molar-refractivity contribution in [3.8, 4) is 6.07 Å². The number of nitrogens with zero attached hydrogens (tertiary/aromatic N) is 3. The van der Waals surface area contributed by atoms with E-state index in [1.807, 2.05) is 6.07 Å². The van der Waals surface area contributed by atoms with Crippen LogP contribution in [0.1, 0.15) is 5.56 Å². The summed E-state index contributed by atoms with van der Waals surface area (Å²) in [7, 11) is -3.81. The molecule has 1 aromatic carbocycles. The average Bonchev–Trinajstić information content (AvgIpc) is 2.97. The third kappa shape index (κ3) is 2.81. The second-order valence-electron chi connectivity index (χ2n) is 4.59. The number of sulfonamides is 1. The summed E-state index contributed by atoms with van der Waals surface area (Å²) in [4.78, 5) is 16.2. The van der Waals surface area contributed by atoms with Crippen LogP contribution in [-0.2, 0) is 14.8 Å². The molecule has 2 heterocycles. The molecule has 9 heteroatoms. The molecular formula is C14H10N4O3S2. The van der Waals surface area contributed by atoms with Crippen LogP contribution in [0, 0.1) is 11.3 Å². The van der Waals surface area contributed by atoms with Gasteiger partial charge in [0.1, 0.15) is 28.8 Å². The summed E-state index contributed by atoms with van der Waals surface area (Å²) in [6.45, 7) is -0.414. The lowest BCUT2D eigenvalue weighted by Crippen LogP contribution is -2.38. The second kappa shape index (κ2) is 5.83. The number of anilines is 1. The van der Waals surface area contributed by atoms with Crippen molar-refractivity contribution in [2.45, 2.75) is 4.90 Å². The summed E-state index contributed by atoms with van der Waals surface area (Å²) in [6, 6.07) is 9.85. The molecule has 116 valence electrons. The Morgan fingerprint density at radius 1 is 1.35 bits per heavy atom. The minimum absolute atomic E-state index is 0.0594. The number of rotatable bonds is 3. The van der Waals surface area contributed by atoms with Crippen LogP contribution < -0.4 is 5.32 Å². The van der Waals surface area contributed by atoms with Crippen LogP contribution in [0.4, 0.5) is 10.7 Å². The Bertz CT molecular complexity index is 941. The van der Waals surface area contributed by atoms with Gasteiger partial charge in [0.05, 0.1) is 11.3 Å². The van der Waals surface area contributed by atoms with Gasteiger partial charge in [0.15, 0.2) is 0 Å². The summed E-state index contributed by atoms with van der Waals surface area (Å²) in [5.41, 5.74) is 0.679. The molecule has 1 amide bonds. The van der Waals surface area contributed by atoms with Crippen molar-refractivity contribution < 1.29 is 13.2 Å². The van der Waals surface area contributed by atoms with Crippen molar-refractivity contribution in [1.29, 1.82) is 5.26 Å². The number of carbonyl (C=O) groups is 1. The van der Waals surface area contributed by atoms with Gasteiger partial charge in [-0.15, -0.1) is 11.3 Å². The summed E-state index contributed by atoms with van der Waals surface area (Å²) in [5, 5.41) is 13.5. The van der Waals surface area contributed by atoms with E-state index in [0.29, 0.717) is 16.3 Å². The van der Waals surface area contributed by atoms with E-state index >= 15 is 0 Å². The molecule has 1 N–H and O–H groups in total. The highest BCUT2D eigenvalue weighted by atomic mass is 32.2. The monoisotopic (exact) mass is 346 g/mol. The van der Waals surface area contributed by atoms with Gasteiger partial charge >= 0.3 is 0 Å². The van der Waals surface area contributed by atoms with Crippen LogP contribution >= 0.6 is 11.3 Å². The molecule has 3 rings (SSSR count). The third-order valence-corrected chi connectivity index (χ3v) is 5.69. The number of amides is 1. The van der Waals surface area contributed by atoms with Crippen LogP contribution in [-0.4, -0.2) is 31.5 Å². The van der Waals surface area contributed by atoms with Crippen LogP contribution in [0.25, 0.3) is 0 Å². The minimum atomic E-state index is -3.81. The SMILES string of the molecule is N#Cc1ccsc1NC(=O)CN1C=Nc2ccccc2S1(=O)=O. The number of hydrogen-bond donors (Lipinski definition) is 1. The van der Waals surface area contributed by atoms with Gasteiger partial charge in [-0.3, -0.25) is 4.79 Å². The van der Waals surface area contributed by atoms with E-state index in [2.05, 4.69) is 10.3 Å². The Labute approximate surface area is 136 Å². The molecule has 1 aromatic heterocycles. The predicted molar refractivity (Wildman–Crippen MR) is 86.1 cm³/mol. The molecule has 0 aliphatic carbocycles. The van der Waals surface area contributed by atoms with Gasteiger partial charge in [-0.2, -0.15) is 5.26 Å². The lowest BCUT2D eigenvalue weighted by molar-refractivity contribution is -0.115. The number of nitriles is 1. The third-order valence-electron chi connectivity index (χ3n) is 3.12. The Morgan fingerprint density at radius 3 is 2.91 bits per heavy atom. The van der Waals surface area contributed by atoms with Crippen molar-refractivity contribution >= 4 is 44.3 Å². The van der Waals surface area contributed by atoms with E-state index in [1.165, 1.54) is 17.4 Å². The molecule has 1 aliphatic rings. The fourth-order valence-electron chi connectivity index (χ4n) is 2.02. The minimum Gasteiger partial charge on any atom is -0.315 e. The maximum atomic E-state index is 12.5. The topological polar surface area (TPSA) is 103 Å². The number of fused-ring (bicyclic) bond motifs is 1. The Kier molecular flexibility index (Phi) is 3.85. The van der Waals surface area contributed by atoms with Gasteiger partial charge in [0.2, 0.25) is 5.91 Å². The summed E-state index contributed by atoms with van der Waals surface area (Å²) in [5.74, 6) is -0.543. The van der Waals surface area contributed by atoms with E-state index in [4.69, 9.17) is 5.26 Å². The molecule has 0 fully saturated rings. The maximum Gasteiger partial charge on any atom is 0.267 e. The van der Waals surface area contributed by atoms with E-state index in [1.54, 1.807) is 29.6 Å². The first-order valence-corrected chi connectivity index (χ1v) is 8.77. The first-order valence-electron chi connectivity index (χ1n) is 6.45. The van der Waals surface area contributed by atoms with Crippen molar-refractivity contribution in [3.05, 3.63) is 41.3 Å². The zero-order valence-corrected chi connectivity index (χ0v) is 13.3. The van der Waals surface area contributed by atoms with Gasteiger partial charge < -0.3 is 5.32 Å². The van der Waals surface area contributed by atoms with Crippen LogP contribution in [0.5, 0.6) is 0 Å². The largest absolute Gasteiger partial charge is 0.315 e. The number of nitrogens with one attached hydrogen (secondary N) is 1. The molecule has 0 radical (unpaired) electrons. The van der Waals surface area contributed by atoms with Crippen molar-refractivity contribution in [2.75, 3.05) is 11.9 Å². The predicted octanol–water partition coefficient (Wildman–Crippen LogP) is 1.92. The highest BCUT2D eigenvalue weighted by Crippen LogP contribution is 2.29. The number of benzene rings is 1. The maximum absolute atomic E-state index is 12.5. The summed E-state index contributed by atoms with van der Waals surface area (Å²) in [6.07, 6.45) is 1.12. The second-order valence-corrected chi connectivity index (χ2v) is 7.36. The van der Waals surface area contributed by atoms with Gasteiger partial charge in [-0.25, -0.2) is 17.7 Å². The molecule has 0 unspecified atom stereocenters. The smallest absolute Gasteiger partial charge is 0.267 e. The molecule has 0 saturated heterocycles. The number of hydrogen-bond acceptors (Lipinski definition) is 6. The Balaban J connectivity index is 1.79. The van der Waals surface area contributed by atoms with Crippen molar-refractivity contribution in [1.82, 2.24) is 4.31 Å². The standard InChI is InChI=1S/C14H10N4O3S2/c15-7-10-5-6-22-14(10)17-13(19)8-18-9-16-11-3-1-2-4-12(11)23(18,20)21/h1-6,9H,8H2,(H,17,19). The molecule has 0 spiro atoms. The average molecular weight is 346 g/mol. The molecule has 1 aliphatic heterocycles. The molecule has 0 atom stereocenters. The molecular weight excluding hydrogens is 336 g/mol. The van der Waals surface area contributed by atoms with Crippen LogP contribution in [0.15, 0.2) is 45.6 Å². The number of thiophene rings is 1. The van der Waals surface area contributed by atoms with E-state index in [9.17, 15) is 13.2 Å². The molecule has 23 heavy (non-hydrogen) atoms. The molecule has 0 bridgehead atoms. The Hall–Kier alpha value is -2.70. The quantitative estimate of drug-likeness (QED) is 0.917. The zero-order chi connectivity index (χ0) is 16.4. The van der Waals surface area contributed by atoms with Gasteiger partial charge in [0.25, 0.3) is 10.0 Å². The van der Waals surface area contributed by atoms with Gasteiger partial charge in [0, 0.05) is 0 Å². The lowest BCUT2D eigenvalue weighted by Gasteiger charge is -2.23. The normalized spacial score (nSPS) is 14.8. The summed E-state index contributed by atoms with van der Waals surface area (Å²) < 4.78 is 25.8. The van der Waals surface area contributed by atoms with E-state index in [-0.39, 0.29) is 4.90 Å². The first kappa shape index (κ1) is 15.2. The van der Waals surface area contributed by atoms with Gasteiger partial charge in [-0.05, 0) is 23.6 Å². The number of para-hydroxylation sites is 1. The van der Waals surface area contributed by atoms with Crippen molar-refractivity contribution in [3.63, 3.8) is 0 Å². The number of carbonyl (C=O) groups excluding carboxylic acids is 1. The lowest BCUT2D eigenvalue weighted by atomic mass is 10.3. The van der Waals surface area contributed by atoms with Crippen LogP contribution in [0.2, 0.25) is 0 Å². The summed E-state index contributed by atoms with van der Waals surface area (Å²) >= 11 is 1.20. The molecule has 2 aromatic rings. The van der Waals surface area contributed by atoms with Gasteiger partial charge in [-0.1, -0.05) is 12.1 Å². The first-order chi connectivity index (χ1) is 11.0. The van der Waals surface area contributed by atoms with E-state index < -0.39 is 22.5 Å². The van der Waals surface area contributed by atoms with E-state index in [0.717, 1.165) is 10.6 Å². The highest BCUT2D eigenvalue weighted by molar-refractivity contribution is 7.89. The highest BCUT2D eigenvalue weighted by Gasteiger charge is 2.29. The van der Waals surface area contributed by atoms with Crippen LogP contribution in [0.3, 0.4) is 0 Å². The molecule has 0 saturated carbocycles. The molecule has 7 nitrogen and oxygen atoms in total. The number of aliphatic imine (C=N–C) groups is 1. The fourth-order valence-corrected chi connectivity index (χ4v) is 4.12.